The first-order chi connectivity index (χ1) is 17.3. The molecule has 1 atom stereocenters. The second-order valence-electron chi connectivity index (χ2n) is 7.90. The van der Waals surface area contributed by atoms with Gasteiger partial charge in [-0.2, -0.15) is 17.9 Å². The largest absolute Gasteiger partial charge is 0.491 e. The predicted molar refractivity (Wildman–Crippen MR) is 128 cm³/mol. The lowest BCUT2D eigenvalue weighted by molar-refractivity contribution is -0.189. The number of ether oxygens (including phenoxy) is 1. The van der Waals surface area contributed by atoms with Gasteiger partial charge in [0.15, 0.2) is 0 Å². The van der Waals surface area contributed by atoms with E-state index in [0.717, 1.165) is 11.3 Å². The van der Waals surface area contributed by atoms with Crippen molar-refractivity contribution in [3.8, 4) is 5.75 Å². The van der Waals surface area contributed by atoms with E-state index in [1.54, 1.807) is 6.07 Å². The molecule has 2 aromatic heterocycles. The molecule has 1 aliphatic rings. The third-order valence-corrected chi connectivity index (χ3v) is 8.60. The number of para-hydroxylation sites is 1. The van der Waals surface area contributed by atoms with Crippen LogP contribution in [0, 0.1) is 5.41 Å². The highest BCUT2D eigenvalue weighted by molar-refractivity contribution is 7.91. The normalized spacial score (nSPS) is 16.4. The topological polar surface area (TPSA) is 156 Å². The van der Waals surface area contributed by atoms with Crippen molar-refractivity contribution in [1.29, 1.82) is 5.41 Å². The fraction of sp³-hybridized carbons (Fsp3) is 0.238. The van der Waals surface area contributed by atoms with Gasteiger partial charge in [-0.1, -0.05) is 23.7 Å². The summed E-state index contributed by atoms with van der Waals surface area (Å²) >= 11 is 6.79. The van der Waals surface area contributed by atoms with Crippen LogP contribution in [0.15, 0.2) is 40.6 Å². The number of likely N-dealkylation sites (tertiary alicyclic amines) is 1. The van der Waals surface area contributed by atoms with Gasteiger partial charge in [0.05, 0.1) is 15.8 Å². The van der Waals surface area contributed by atoms with Gasteiger partial charge in [-0.3, -0.25) is 10.2 Å². The zero-order chi connectivity index (χ0) is 27.1. The fourth-order valence-corrected chi connectivity index (χ4v) is 6.37. The lowest BCUT2D eigenvalue weighted by Gasteiger charge is -2.20. The maximum atomic E-state index is 13.0. The van der Waals surface area contributed by atoms with Crippen LogP contribution in [0.4, 0.5) is 13.2 Å². The number of amides is 1. The molecule has 1 fully saturated rings. The van der Waals surface area contributed by atoms with Gasteiger partial charge in [0.25, 0.3) is 10.0 Å². The van der Waals surface area contributed by atoms with Crippen LogP contribution in [0.25, 0.3) is 10.2 Å². The number of carbonyl (C=O) groups is 2. The van der Waals surface area contributed by atoms with Gasteiger partial charge >= 0.3 is 12.1 Å². The molecule has 196 valence electrons. The van der Waals surface area contributed by atoms with Crippen molar-refractivity contribution in [2.24, 2.45) is 5.73 Å². The molecular weight excluding hydrogens is 559 g/mol. The Balaban J connectivity index is 1.53. The van der Waals surface area contributed by atoms with Crippen LogP contribution in [0.5, 0.6) is 5.75 Å². The van der Waals surface area contributed by atoms with Gasteiger partial charge < -0.3 is 15.4 Å². The van der Waals surface area contributed by atoms with E-state index in [-0.39, 0.29) is 40.0 Å². The number of nitrogens with zero attached hydrogens (tertiary/aromatic N) is 2. The zero-order valence-electron chi connectivity index (χ0n) is 18.5. The predicted octanol–water partition coefficient (Wildman–Crippen LogP) is 2.78. The first-order valence-corrected chi connectivity index (χ1v) is 13.1. The molecule has 37 heavy (non-hydrogen) atoms. The molecule has 10 nitrogen and oxygen atoms in total. The number of aromatic nitrogens is 1. The van der Waals surface area contributed by atoms with Crippen LogP contribution in [0.2, 0.25) is 5.15 Å². The molecule has 3 aromatic rings. The number of nitrogens with two attached hydrogens (primary N) is 1. The number of nitrogens with one attached hydrogen (secondary N) is 2. The number of carbonyl (C=O) groups excluding carboxylic acids is 2. The quantitative estimate of drug-likeness (QED) is 0.129. The average molecular weight is 576 g/mol. The van der Waals surface area contributed by atoms with Crippen LogP contribution >= 0.6 is 22.9 Å². The number of amidine groups is 1. The summed E-state index contributed by atoms with van der Waals surface area (Å²) in [6.45, 7) is -0.253. The number of alkyl halides is 3. The van der Waals surface area contributed by atoms with E-state index in [0.29, 0.717) is 10.2 Å². The summed E-state index contributed by atoms with van der Waals surface area (Å²) in [6, 6.07) is 7.22. The molecule has 0 bridgehead atoms. The molecule has 3 heterocycles. The maximum Gasteiger partial charge on any atom is 0.491 e. The Morgan fingerprint density at radius 1 is 1.32 bits per heavy atom. The minimum atomic E-state index is -5.30. The molecule has 0 aliphatic carbocycles. The van der Waals surface area contributed by atoms with Crippen molar-refractivity contribution >= 4 is 60.9 Å². The molecule has 1 aromatic carbocycles. The Bertz CT molecular complexity index is 1530. The molecule has 4 N–H and O–H groups in total. The molecule has 0 saturated carbocycles. The number of halogens is 4. The number of sulfonamides is 1. The average Bonchev–Trinajstić information content (AvgIpc) is 3.38. The molecule has 1 amide bonds. The summed E-state index contributed by atoms with van der Waals surface area (Å²) in [7, 11) is -4.11. The van der Waals surface area contributed by atoms with E-state index in [4.69, 9.17) is 22.7 Å². The number of esters is 1. The van der Waals surface area contributed by atoms with Gasteiger partial charge in [-0.15, -0.1) is 11.3 Å². The second-order valence-corrected chi connectivity index (χ2v) is 11.3. The van der Waals surface area contributed by atoms with Gasteiger partial charge in [0.1, 0.15) is 27.0 Å². The van der Waals surface area contributed by atoms with Crippen molar-refractivity contribution in [3.05, 3.63) is 52.7 Å². The van der Waals surface area contributed by atoms with Gasteiger partial charge in [0, 0.05) is 18.7 Å². The van der Waals surface area contributed by atoms with Gasteiger partial charge in [0.2, 0.25) is 5.91 Å². The summed E-state index contributed by atoms with van der Waals surface area (Å²) in [5.74, 6) is -4.40. The van der Waals surface area contributed by atoms with Crippen molar-refractivity contribution in [1.82, 2.24) is 14.6 Å². The summed E-state index contributed by atoms with van der Waals surface area (Å²) in [5, 5.41) is 7.79. The van der Waals surface area contributed by atoms with E-state index in [9.17, 15) is 31.2 Å². The van der Waals surface area contributed by atoms with Crippen LogP contribution in [0.1, 0.15) is 17.5 Å². The highest BCUT2D eigenvalue weighted by Gasteiger charge is 2.42. The maximum absolute atomic E-state index is 13.0. The van der Waals surface area contributed by atoms with Crippen molar-refractivity contribution in [3.63, 3.8) is 0 Å². The van der Waals surface area contributed by atoms with E-state index in [1.165, 1.54) is 35.2 Å². The SMILES string of the molecule is N=C(N)c1cccc(CN2CC[C@H](NS(=O)(=O)c3cc4nc(Cl)ccc4s3)C2=O)c1OC(=O)C(F)(F)F. The van der Waals surface area contributed by atoms with E-state index in [2.05, 4.69) is 14.4 Å². The molecule has 0 radical (unpaired) electrons. The monoisotopic (exact) mass is 575 g/mol. The Hall–Kier alpha value is -3.27. The first-order valence-electron chi connectivity index (χ1n) is 10.4. The molecule has 0 unspecified atom stereocenters. The van der Waals surface area contributed by atoms with E-state index >= 15 is 0 Å². The minimum Gasteiger partial charge on any atom is -0.419 e. The van der Waals surface area contributed by atoms with E-state index < -0.39 is 45.7 Å². The number of hydrogen-bond donors (Lipinski definition) is 3. The zero-order valence-corrected chi connectivity index (χ0v) is 20.9. The standard InChI is InChI=1S/C21H17ClF3N5O5S2/c22-15-5-4-14-13(28-15)8-16(36-14)37(33,34)29-12-6-7-30(19(12)31)9-10-2-1-3-11(18(26)27)17(10)35-20(32)21(23,24)25/h1-5,8,12,29H,6-7,9H2,(H3,26,27)/t12-/m0/s1. The Labute approximate surface area is 216 Å². The molecule has 4 rings (SSSR count). The smallest absolute Gasteiger partial charge is 0.419 e. The third-order valence-electron chi connectivity index (χ3n) is 5.35. The summed E-state index contributed by atoms with van der Waals surface area (Å²) < 4.78 is 71.6. The van der Waals surface area contributed by atoms with Crippen LogP contribution in [-0.2, 0) is 26.2 Å². The molecule has 16 heteroatoms. The molecule has 1 saturated heterocycles. The lowest BCUT2D eigenvalue weighted by Crippen LogP contribution is -2.41. The number of nitrogen functional groups attached to an aromatic ring is 1. The molecule has 0 spiro atoms. The number of fused-ring (bicyclic) bond motifs is 1. The number of hydrogen-bond acceptors (Lipinski definition) is 8. The highest BCUT2D eigenvalue weighted by Crippen LogP contribution is 2.31. The number of thiophene rings is 1. The lowest BCUT2D eigenvalue weighted by atomic mass is 10.1. The van der Waals surface area contributed by atoms with Crippen LogP contribution < -0.4 is 15.2 Å². The van der Waals surface area contributed by atoms with Crippen LogP contribution in [0.3, 0.4) is 0 Å². The van der Waals surface area contributed by atoms with Crippen molar-refractivity contribution < 1.29 is 35.9 Å². The van der Waals surface area contributed by atoms with Gasteiger partial charge in [-0.25, -0.2) is 18.2 Å². The molecule has 1 aliphatic heterocycles. The van der Waals surface area contributed by atoms with Crippen molar-refractivity contribution in [2.45, 2.75) is 29.4 Å². The Morgan fingerprint density at radius 3 is 2.73 bits per heavy atom. The fourth-order valence-electron chi connectivity index (χ4n) is 3.66. The summed E-state index contributed by atoms with van der Waals surface area (Å²) in [5.41, 5.74) is 5.52. The van der Waals surface area contributed by atoms with E-state index in [1.807, 2.05) is 0 Å². The number of rotatable bonds is 7. The second kappa shape index (κ2) is 9.89. The highest BCUT2D eigenvalue weighted by atomic mass is 35.5. The molecular formula is C21H17ClF3N5O5S2. The Kier molecular flexibility index (Phi) is 7.16. The van der Waals surface area contributed by atoms with Gasteiger partial charge in [-0.05, 0) is 30.7 Å². The Morgan fingerprint density at radius 2 is 2.05 bits per heavy atom. The minimum absolute atomic E-state index is 0.0189. The van der Waals surface area contributed by atoms with Crippen molar-refractivity contribution in [2.75, 3.05) is 6.54 Å². The number of pyridine rings is 1. The summed E-state index contributed by atoms with van der Waals surface area (Å²) in [6.07, 6.45) is -5.22. The first kappa shape index (κ1) is 26.8. The number of benzene rings is 1. The summed E-state index contributed by atoms with van der Waals surface area (Å²) in [4.78, 5) is 29.7. The third kappa shape index (κ3) is 5.69. The van der Waals surface area contributed by atoms with Crippen LogP contribution in [-0.4, -0.2) is 54.8 Å².